The molecule has 0 bridgehead atoms. The molecule has 2 heterocycles. The van der Waals surface area contributed by atoms with Crippen LogP contribution < -0.4 is 5.32 Å². The van der Waals surface area contributed by atoms with Crippen LogP contribution in [0.1, 0.15) is 47.5 Å². The number of ether oxygens (including phenoxy) is 1. The van der Waals surface area contributed by atoms with Crippen molar-refractivity contribution in [1.29, 1.82) is 0 Å². The van der Waals surface area contributed by atoms with Crippen LogP contribution in [0.15, 0.2) is 30.3 Å². The van der Waals surface area contributed by atoms with Gasteiger partial charge in [-0.05, 0) is 24.9 Å². The Labute approximate surface area is 123 Å². The number of aromatic nitrogens is 2. The van der Waals surface area contributed by atoms with E-state index in [1.807, 2.05) is 6.07 Å². The first-order chi connectivity index (χ1) is 9.88. The van der Waals surface area contributed by atoms with Crippen LogP contribution in [0.3, 0.4) is 0 Å². The molecule has 1 aliphatic heterocycles. The zero-order chi connectivity index (χ0) is 13.8. The molecule has 1 saturated heterocycles. The van der Waals surface area contributed by atoms with E-state index >= 15 is 0 Å². The topological polar surface area (TPSA) is 47.0 Å². The van der Waals surface area contributed by atoms with Crippen molar-refractivity contribution in [2.45, 2.75) is 31.9 Å². The highest BCUT2D eigenvalue weighted by atomic mass is 32.1. The predicted molar refractivity (Wildman–Crippen MR) is 79.8 cm³/mol. The lowest BCUT2D eigenvalue weighted by molar-refractivity contribution is 0.111. The fraction of sp³-hybridized carbons (Fsp3) is 0.467. The molecule has 20 heavy (non-hydrogen) atoms. The predicted octanol–water partition coefficient (Wildman–Crippen LogP) is 3.09. The molecule has 0 radical (unpaired) electrons. The average molecular weight is 289 g/mol. The maximum absolute atomic E-state index is 5.69. The minimum Gasteiger partial charge on any atom is -0.371 e. The minimum absolute atomic E-state index is 0.119. The van der Waals surface area contributed by atoms with E-state index in [4.69, 9.17) is 4.74 Å². The molecule has 0 amide bonds. The normalized spacial score (nSPS) is 20.1. The van der Waals surface area contributed by atoms with Crippen molar-refractivity contribution < 1.29 is 4.74 Å². The molecule has 2 aromatic rings. The highest BCUT2D eigenvalue weighted by Gasteiger charge is 2.24. The molecule has 1 aromatic carbocycles. The number of benzene rings is 1. The van der Waals surface area contributed by atoms with Gasteiger partial charge < -0.3 is 10.1 Å². The Bertz CT molecular complexity index is 537. The second-order valence-electron chi connectivity index (χ2n) is 4.88. The van der Waals surface area contributed by atoms with E-state index in [1.165, 1.54) is 5.56 Å². The molecule has 5 heteroatoms. The SMILES string of the molecule is CCNC(c1ccccc1)c1nnc(C2CCCO2)s1. The number of hydrogen-bond acceptors (Lipinski definition) is 5. The summed E-state index contributed by atoms with van der Waals surface area (Å²) in [6, 6.07) is 10.5. The van der Waals surface area contributed by atoms with Crippen molar-refractivity contribution in [2.75, 3.05) is 13.2 Å². The van der Waals surface area contributed by atoms with Crippen LogP contribution >= 0.6 is 11.3 Å². The smallest absolute Gasteiger partial charge is 0.146 e. The lowest BCUT2D eigenvalue weighted by atomic mass is 10.1. The Balaban J connectivity index is 1.84. The van der Waals surface area contributed by atoms with E-state index in [0.717, 1.165) is 36.0 Å². The van der Waals surface area contributed by atoms with Crippen LogP contribution in [0.2, 0.25) is 0 Å². The summed E-state index contributed by atoms with van der Waals surface area (Å²) in [7, 11) is 0. The van der Waals surface area contributed by atoms with Crippen LogP contribution in [0.4, 0.5) is 0 Å². The summed E-state index contributed by atoms with van der Waals surface area (Å²) in [5.41, 5.74) is 1.23. The van der Waals surface area contributed by atoms with Crippen molar-refractivity contribution in [3.05, 3.63) is 45.9 Å². The number of nitrogens with zero attached hydrogens (tertiary/aromatic N) is 2. The van der Waals surface area contributed by atoms with Crippen molar-refractivity contribution in [3.63, 3.8) is 0 Å². The third-order valence-electron chi connectivity index (χ3n) is 3.45. The third-order valence-corrected chi connectivity index (χ3v) is 4.53. The fourth-order valence-electron chi connectivity index (χ4n) is 2.46. The van der Waals surface area contributed by atoms with Crippen molar-refractivity contribution in [1.82, 2.24) is 15.5 Å². The Hall–Kier alpha value is -1.30. The summed E-state index contributed by atoms with van der Waals surface area (Å²) in [5.74, 6) is 0. The van der Waals surface area contributed by atoms with Gasteiger partial charge in [0.15, 0.2) is 0 Å². The van der Waals surface area contributed by atoms with Crippen molar-refractivity contribution >= 4 is 11.3 Å². The first kappa shape index (κ1) is 13.7. The number of rotatable bonds is 5. The molecule has 1 N–H and O–H groups in total. The average Bonchev–Trinajstić information content (AvgIpc) is 3.16. The van der Waals surface area contributed by atoms with Crippen LogP contribution in [-0.4, -0.2) is 23.3 Å². The molecule has 1 aromatic heterocycles. The van der Waals surface area contributed by atoms with Crippen LogP contribution in [0.25, 0.3) is 0 Å². The van der Waals surface area contributed by atoms with Crippen molar-refractivity contribution in [3.8, 4) is 0 Å². The summed E-state index contributed by atoms with van der Waals surface area (Å²) in [4.78, 5) is 0. The summed E-state index contributed by atoms with van der Waals surface area (Å²) in [5, 5.41) is 14.2. The number of nitrogens with one attached hydrogen (secondary N) is 1. The third kappa shape index (κ3) is 2.90. The monoisotopic (exact) mass is 289 g/mol. The quantitative estimate of drug-likeness (QED) is 0.919. The second kappa shape index (κ2) is 6.43. The van der Waals surface area contributed by atoms with Crippen LogP contribution in [0.5, 0.6) is 0 Å². The molecule has 3 rings (SSSR count). The number of hydrogen-bond donors (Lipinski definition) is 1. The molecule has 2 unspecified atom stereocenters. The Kier molecular flexibility index (Phi) is 4.40. The van der Waals surface area contributed by atoms with Gasteiger partial charge in [0.2, 0.25) is 0 Å². The van der Waals surface area contributed by atoms with Gasteiger partial charge in [0, 0.05) is 6.61 Å². The molecule has 0 spiro atoms. The van der Waals surface area contributed by atoms with Crippen LogP contribution in [-0.2, 0) is 4.74 Å². The highest BCUT2D eigenvalue weighted by molar-refractivity contribution is 7.11. The van der Waals surface area contributed by atoms with E-state index in [2.05, 4.69) is 46.7 Å². The summed E-state index contributed by atoms with van der Waals surface area (Å²) in [6.45, 7) is 3.85. The van der Waals surface area contributed by atoms with Crippen LogP contribution in [0, 0.1) is 0 Å². The molecule has 106 valence electrons. The van der Waals surface area contributed by atoms with E-state index in [-0.39, 0.29) is 12.1 Å². The fourth-order valence-corrected chi connectivity index (χ4v) is 3.50. The molecule has 2 atom stereocenters. The highest BCUT2D eigenvalue weighted by Crippen LogP contribution is 2.33. The molecule has 1 aliphatic rings. The molecule has 4 nitrogen and oxygen atoms in total. The second-order valence-corrected chi connectivity index (χ2v) is 5.92. The molecule has 0 aliphatic carbocycles. The first-order valence-electron chi connectivity index (χ1n) is 7.11. The van der Waals surface area contributed by atoms with E-state index in [9.17, 15) is 0 Å². The van der Waals surface area contributed by atoms with E-state index in [0.29, 0.717) is 0 Å². The zero-order valence-corrected chi connectivity index (χ0v) is 12.4. The minimum atomic E-state index is 0.119. The maximum Gasteiger partial charge on any atom is 0.146 e. The molecule has 1 fully saturated rings. The Morgan fingerprint density at radius 1 is 1.35 bits per heavy atom. The molecular weight excluding hydrogens is 270 g/mol. The van der Waals surface area contributed by atoms with Gasteiger partial charge in [0.25, 0.3) is 0 Å². The van der Waals surface area contributed by atoms with Crippen molar-refractivity contribution in [2.24, 2.45) is 0 Å². The van der Waals surface area contributed by atoms with Gasteiger partial charge in [-0.25, -0.2) is 0 Å². The zero-order valence-electron chi connectivity index (χ0n) is 11.6. The van der Waals surface area contributed by atoms with Gasteiger partial charge in [0.1, 0.15) is 16.1 Å². The lowest BCUT2D eigenvalue weighted by Gasteiger charge is -2.15. The van der Waals surface area contributed by atoms with Gasteiger partial charge in [-0.3, -0.25) is 0 Å². The Morgan fingerprint density at radius 2 is 2.20 bits per heavy atom. The van der Waals surface area contributed by atoms with Gasteiger partial charge in [0.05, 0.1) is 6.04 Å². The van der Waals surface area contributed by atoms with Gasteiger partial charge in [-0.15, -0.1) is 10.2 Å². The van der Waals surface area contributed by atoms with E-state index < -0.39 is 0 Å². The first-order valence-corrected chi connectivity index (χ1v) is 7.93. The largest absolute Gasteiger partial charge is 0.371 e. The van der Waals surface area contributed by atoms with Gasteiger partial charge in [-0.2, -0.15) is 0 Å². The van der Waals surface area contributed by atoms with Gasteiger partial charge >= 0.3 is 0 Å². The summed E-state index contributed by atoms with van der Waals surface area (Å²) in [6.07, 6.45) is 2.33. The standard InChI is InChI=1S/C15H19N3OS/c1-2-16-13(11-7-4-3-5-8-11)15-18-17-14(20-15)12-9-6-10-19-12/h3-5,7-8,12-13,16H,2,6,9-10H2,1H3. The summed E-state index contributed by atoms with van der Waals surface area (Å²) >= 11 is 1.66. The molecule has 0 saturated carbocycles. The molecular formula is C15H19N3OS. The summed E-state index contributed by atoms with van der Waals surface area (Å²) < 4.78 is 5.69. The lowest BCUT2D eigenvalue weighted by Crippen LogP contribution is -2.21. The van der Waals surface area contributed by atoms with E-state index in [1.54, 1.807) is 11.3 Å². The van der Waals surface area contributed by atoms with Gasteiger partial charge in [-0.1, -0.05) is 48.6 Å². The maximum atomic E-state index is 5.69. The Morgan fingerprint density at radius 3 is 2.90 bits per heavy atom.